The molecule has 0 fully saturated rings. The number of ether oxygens (including phenoxy) is 1. The second-order valence-corrected chi connectivity index (χ2v) is 9.17. The molecule has 44 heavy (non-hydrogen) atoms. The molecule has 0 spiro atoms. The van der Waals surface area contributed by atoms with Gasteiger partial charge in [0.25, 0.3) is 0 Å². The molecule has 1 aromatic rings. The lowest BCUT2D eigenvalue weighted by Crippen LogP contribution is -2.74. The molecule has 0 bridgehead atoms. The normalized spacial score (nSPS) is 15.8. The van der Waals surface area contributed by atoms with Gasteiger partial charge in [0.05, 0.1) is 0 Å². The Labute approximate surface area is 223 Å². The highest BCUT2D eigenvalue weighted by Gasteiger charge is 2.95. The van der Waals surface area contributed by atoms with Gasteiger partial charge in [-0.1, -0.05) is 0 Å². The average molecular weight is 725 g/mol. The monoisotopic (exact) mass is 725 g/mol. The van der Waals surface area contributed by atoms with Crippen molar-refractivity contribution in [1.82, 2.24) is 0 Å². The summed E-state index contributed by atoms with van der Waals surface area (Å²) in [4.78, 5) is -3.03. The first-order valence-electron chi connectivity index (χ1n) is 9.28. The third kappa shape index (κ3) is 5.23. The van der Waals surface area contributed by atoms with Crippen LogP contribution in [0, 0.1) is 23.3 Å². The number of rotatable bonds is 10. The van der Waals surface area contributed by atoms with Gasteiger partial charge in [-0.05, 0) is 0 Å². The van der Waals surface area contributed by atoms with Crippen LogP contribution in [0.4, 0.5) is 101 Å². The van der Waals surface area contributed by atoms with E-state index >= 15 is 0 Å². The minimum Gasteiger partial charge on any atom is -0.425 e. The van der Waals surface area contributed by atoms with E-state index in [4.69, 9.17) is 0 Å². The summed E-state index contributed by atoms with van der Waals surface area (Å²) in [5.74, 6) is -83.9. The number of halogens is 23. The summed E-state index contributed by atoms with van der Waals surface area (Å²) < 4.78 is 331. The van der Waals surface area contributed by atoms with Crippen LogP contribution in [-0.4, -0.2) is 56.1 Å². The molecule has 2 N–H and O–H groups in total. The third-order valence-corrected chi connectivity index (χ3v) is 5.76. The molecule has 256 valence electrons. The minimum absolute atomic E-state index is 2.78. The van der Waals surface area contributed by atoms with Crippen LogP contribution in [0.1, 0.15) is 0 Å². The molecule has 0 heterocycles. The summed E-state index contributed by atoms with van der Waals surface area (Å²) in [6, 6.07) is -4.57. The first-order chi connectivity index (χ1) is 18.9. The van der Waals surface area contributed by atoms with Crippen LogP contribution in [0.5, 0.6) is 5.75 Å². The standard InChI is InChI=1S/C16H2F23NO3S/c17-1-2(18)4(20)6(44(40,41)42)5(3(1)19)43-8(22)7(21)9(23,24)10(25,26)11(27,28)12(29,30)13(31,32)14(33,34)15(35,36)16(37,38)39/h(H2,40,41,42). The number of hydrogen-bond acceptors (Lipinski definition) is 3. The molecular weight excluding hydrogens is 723 g/mol. The van der Waals surface area contributed by atoms with Crippen molar-refractivity contribution in [2.45, 2.75) is 52.5 Å². The lowest BCUT2D eigenvalue weighted by molar-refractivity contribution is -0.460. The summed E-state index contributed by atoms with van der Waals surface area (Å²) in [6.07, 6.45) is -8.07. The van der Waals surface area contributed by atoms with Crippen molar-refractivity contribution in [1.29, 1.82) is 0 Å². The fourth-order valence-corrected chi connectivity index (χ4v) is 3.23. The van der Waals surface area contributed by atoms with E-state index in [0.717, 1.165) is 0 Å². The Hall–Kier alpha value is -2.94. The van der Waals surface area contributed by atoms with E-state index in [-0.39, 0.29) is 0 Å². The van der Waals surface area contributed by atoms with Crippen molar-refractivity contribution in [3.63, 3.8) is 0 Å². The second-order valence-electron chi connectivity index (χ2n) is 7.67. The number of alkyl halides is 17. The number of allylic oxidation sites excluding steroid dienone is 1. The maximum atomic E-state index is 13.8. The summed E-state index contributed by atoms with van der Waals surface area (Å²) in [6.45, 7) is 0. The molecule has 28 heteroatoms. The Morgan fingerprint density at radius 3 is 1.18 bits per heavy atom. The van der Waals surface area contributed by atoms with Crippen molar-refractivity contribution < 1.29 is 114 Å². The number of primary sulfonamides is 1. The zero-order chi connectivity index (χ0) is 35.8. The lowest BCUT2D eigenvalue weighted by atomic mass is 9.88. The van der Waals surface area contributed by atoms with Gasteiger partial charge in [-0.25, -0.2) is 26.7 Å². The number of benzene rings is 1. The smallest absolute Gasteiger partial charge is 0.425 e. The zero-order valence-electron chi connectivity index (χ0n) is 18.9. The Morgan fingerprint density at radius 2 is 0.841 bits per heavy atom. The molecule has 0 unspecified atom stereocenters. The van der Waals surface area contributed by atoms with Crippen LogP contribution < -0.4 is 9.88 Å². The highest BCUT2D eigenvalue weighted by atomic mass is 32.2. The Balaban J connectivity index is 3.93. The lowest BCUT2D eigenvalue weighted by Gasteiger charge is -2.42. The van der Waals surface area contributed by atoms with E-state index in [1.807, 2.05) is 0 Å². The largest absolute Gasteiger partial charge is 0.460 e. The second kappa shape index (κ2) is 10.6. The molecule has 0 saturated carbocycles. The molecule has 0 aliphatic carbocycles. The Morgan fingerprint density at radius 1 is 0.523 bits per heavy atom. The summed E-state index contributed by atoms with van der Waals surface area (Å²) in [5.41, 5.74) is 0. The van der Waals surface area contributed by atoms with Crippen molar-refractivity contribution in [3.8, 4) is 5.75 Å². The molecule has 1 rings (SSSR count). The van der Waals surface area contributed by atoms with Crippen molar-refractivity contribution in [2.75, 3.05) is 0 Å². The van der Waals surface area contributed by atoms with Crippen LogP contribution >= 0.6 is 0 Å². The predicted octanol–water partition coefficient (Wildman–Crippen LogP) is 7.39. The fourth-order valence-electron chi connectivity index (χ4n) is 2.50. The van der Waals surface area contributed by atoms with Gasteiger partial charge in [-0.15, -0.1) is 0 Å². The summed E-state index contributed by atoms with van der Waals surface area (Å²) in [5, 5.41) is 4.15. The van der Waals surface area contributed by atoms with Gasteiger partial charge in [0.2, 0.25) is 27.5 Å². The maximum absolute atomic E-state index is 13.8. The fraction of sp³-hybridized carbons (Fsp3) is 0.500. The molecular formula is C16H2F23NO3S. The number of sulfonamides is 1. The van der Waals surface area contributed by atoms with Crippen molar-refractivity contribution in [3.05, 3.63) is 35.1 Å². The van der Waals surface area contributed by atoms with Crippen LogP contribution in [-0.2, 0) is 10.0 Å². The quantitative estimate of drug-likeness (QED) is 0.119. The first kappa shape index (κ1) is 39.1. The first-order valence-corrected chi connectivity index (χ1v) is 10.8. The van der Waals surface area contributed by atoms with Crippen molar-refractivity contribution >= 4 is 10.0 Å². The summed E-state index contributed by atoms with van der Waals surface area (Å²) in [7, 11) is -6.17. The van der Waals surface area contributed by atoms with E-state index in [2.05, 4.69) is 9.88 Å². The molecule has 4 nitrogen and oxygen atoms in total. The van der Waals surface area contributed by atoms with E-state index in [0.29, 0.717) is 0 Å². The Kier molecular flexibility index (Phi) is 9.38. The third-order valence-electron chi connectivity index (χ3n) is 4.83. The zero-order valence-corrected chi connectivity index (χ0v) is 19.7. The summed E-state index contributed by atoms with van der Waals surface area (Å²) >= 11 is 0. The molecule has 0 amide bonds. The van der Waals surface area contributed by atoms with Gasteiger partial charge in [-0.3, -0.25) is 0 Å². The van der Waals surface area contributed by atoms with Crippen LogP contribution in [0.15, 0.2) is 16.7 Å². The molecule has 0 aliphatic rings. The van der Waals surface area contributed by atoms with Gasteiger partial charge < -0.3 is 4.74 Å². The van der Waals surface area contributed by atoms with Gasteiger partial charge in [0.1, 0.15) is 0 Å². The topological polar surface area (TPSA) is 69.4 Å². The van der Waals surface area contributed by atoms with E-state index < -0.39 is 103 Å². The molecule has 0 atom stereocenters. The molecule has 0 saturated heterocycles. The van der Waals surface area contributed by atoms with Gasteiger partial charge in [0, 0.05) is 0 Å². The minimum atomic E-state index is -9.22. The van der Waals surface area contributed by atoms with Crippen LogP contribution in [0.3, 0.4) is 0 Å². The van der Waals surface area contributed by atoms with Crippen LogP contribution in [0.2, 0.25) is 0 Å². The average Bonchev–Trinajstić information content (AvgIpc) is 2.82. The highest BCUT2D eigenvalue weighted by molar-refractivity contribution is 7.89. The molecule has 0 radical (unpaired) electrons. The van der Waals surface area contributed by atoms with Gasteiger partial charge in [-0.2, -0.15) is 87.8 Å². The number of nitrogens with two attached hydrogens (primary N) is 1. The number of hydrogen-bond donors (Lipinski definition) is 1. The van der Waals surface area contributed by atoms with Gasteiger partial charge in [0.15, 0.2) is 22.3 Å². The molecule has 1 aromatic carbocycles. The van der Waals surface area contributed by atoms with E-state index in [1.54, 1.807) is 0 Å². The highest BCUT2D eigenvalue weighted by Crippen LogP contribution is 2.64. The SMILES string of the molecule is NS(=O)(=O)c1c(F)c(F)c(F)c(F)c1OC(F)=C(F)C(F)(F)C(F)(F)C(F)(F)C(F)(F)C(F)(F)C(F)(F)C(F)(F)C(F)(F)F. The molecule has 0 aromatic heterocycles. The Bertz CT molecular complexity index is 1440. The van der Waals surface area contributed by atoms with E-state index in [1.165, 1.54) is 0 Å². The molecule has 0 aliphatic heterocycles. The van der Waals surface area contributed by atoms with E-state index in [9.17, 15) is 109 Å². The van der Waals surface area contributed by atoms with Gasteiger partial charge >= 0.3 is 53.6 Å². The van der Waals surface area contributed by atoms with Crippen molar-refractivity contribution in [2.24, 2.45) is 5.14 Å². The maximum Gasteiger partial charge on any atom is 0.460 e. The predicted molar refractivity (Wildman–Crippen MR) is 88.2 cm³/mol. The van der Waals surface area contributed by atoms with Crippen LogP contribution in [0.25, 0.3) is 0 Å².